The molecule has 0 bridgehead atoms. The second-order valence-corrected chi connectivity index (χ2v) is 5.01. The lowest BCUT2D eigenvalue weighted by Gasteiger charge is -2.11. The van der Waals surface area contributed by atoms with Crippen molar-refractivity contribution in [2.24, 2.45) is 0 Å². The fraction of sp³-hybridized carbons (Fsp3) is 0.357. The first-order valence-corrected chi connectivity index (χ1v) is 6.91. The highest BCUT2D eigenvalue weighted by molar-refractivity contribution is 7.09. The zero-order valence-corrected chi connectivity index (χ0v) is 11.4. The highest BCUT2D eigenvalue weighted by atomic mass is 32.1. The van der Waals surface area contributed by atoms with E-state index < -0.39 is 6.10 Å². The van der Waals surface area contributed by atoms with E-state index in [1.54, 1.807) is 5.51 Å². The van der Waals surface area contributed by atoms with Crippen LogP contribution in [0.1, 0.15) is 35.6 Å². The highest BCUT2D eigenvalue weighted by Gasteiger charge is 2.15. The molecule has 4 heteroatoms. The van der Waals surface area contributed by atoms with E-state index in [0.29, 0.717) is 0 Å². The largest absolute Gasteiger partial charge is 0.494 e. The molecule has 0 fully saturated rings. The lowest BCUT2D eigenvalue weighted by molar-refractivity contribution is 0.223. The molecule has 1 unspecified atom stereocenters. The number of nitrogens with zero attached hydrogens (tertiary/aromatic N) is 1. The Morgan fingerprint density at radius 1 is 1.33 bits per heavy atom. The zero-order valence-electron chi connectivity index (χ0n) is 10.6. The summed E-state index contributed by atoms with van der Waals surface area (Å²) in [5.74, 6) is 0.842. The molecule has 0 aliphatic heterocycles. The normalized spacial score (nSPS) is 12.4. The summed E-state index contributed by atoms with van der Waals surface area (Å²) in [7, 11) is 0. The van der Waals surface area contributed by atoms with Gasteiger partial charge in [0.1, 0.15) is 11.9 Å². The van der Waals surface area contributed by atoms with Crippen molar-refractivity contribution in [1.29, 1.82) is 0 Å². The molecule has 96 valence electrons. The van der Waals surface area contributed by atoms with Gasteiger partial charge in [-0.1, -0.05) is 19.1 Å². The molecule has 18 heavy (non-hydrogen) atoms. The molecule has 0 radical (unpaired) electrons. The molecule has 1 aromatic carbocycles. The molecule has 3 nitrogen and oxygen atoms in total. The number of aliphatic hydroxyl groups is 1. The Labute approximate surface area is 111 Å². The van der Waals surface area contributed by atoms with E-state index in [0.717, 1.165) is 34.9 Å². The Bertz CT molecular complexity index is 493. The van der Waals surface area contributed by atoms with Crippen LogP contribution in [0.15, 0.2) is 29.8 Å². The van der Waals surface area contributed by atoms with Crippen LogP contribution in [-0.4, -0.2) is 16.7 Å². The third-order valence-corrected chi connectivity index (χ3v) is 3.68. The lowest BCUT2D eigenvalue weighted by atomic mass is 10.1. The Morgan fingerprint density at radius 3 is 2.61 bits per heavy atom. The molecule has 0 spiro atoms. The molecule has 0 aliphatic rings. The van der Waals surface area contributed by atoms with Gasteiger partial charge in [-0.25, -0.2) is 4.98 Å². The van der Waals surface area contributed by atoms with E-state index in [-0.39, 0.29) is 0 Å². The quantitative estimate of drug-likeness (QED) is 0.899. The number of aromatic nitrogens is 1. The average Bonchev–Trinajstić information content (AvgIpc) is 2.82. The van der Waals surface area contributed by atoms with Gasteiger partial charge in [-0.2, -0.15) is 0 Å². The number of hydrogen-bond acceptors (Lipinski definition) is 4. The molecule has 1 heterocycles. The van der Waals surface area contributed by atoms with E-state index in [1.165, 1.54) is 11.3 Å². The predicted octanol–water partition coefficient (Wildman–Crippen LogP) is 3.32. The van der Waals surface area contributed by atoms with Gasteiger partial charge >= 0.3 is 0 Å². The van der Waals surface area contributed by atoms with Gasteiger partial charge in [-0.05, 0) is 31.0 Å². The molecule has 0 saturated carbocycles. The minimum absolute atomic E-state index is 0.599. The third kappa shape index (κ3) is 2.89. The van der Waals surface area contributed by atoms with Crippen LogP contribution in [0, 0.1) is 6.92 Å². The van der Waals surface area contributed by atoms with Crippen LogP contribution in [0.4, 0.5) is 0 Å². The van der Waals surface area contributed by atoms with Crippen LogP contribution in [0.2, 0.25) is 0 Å². The number of rotatable bonds is 5. The van der Waals surface area contributed by atoms with Crippen molar-refractivity contribution in [3.8, 4) is 5.75 Å². The van der Waals surface area contributed by atoms with Crippen molar-refractivity contribution in [2.75, 3.05) is 6.61 Å². The molecule has 1 atom stereocenters. The summed E-state index contributed by atoms with van der Waals surface area (Å²) in [5, 5.41) is 10.3. The number of thiazole rings is 1. The van der Waals surface area contributed by atoms with E-state index >= 15 is 0 Å². The van der Waals surface area contributed by atoms with Gasteiger partial charge in [0.15, 0.2) is 0 Å². The molecule has 0 amide bonds. The molecular formula is C14H17NO2S. The Balaban J connectivity index is 2.12. The number of ether oxygens (including phenoxy) is 1. The van der Waals surface area contributed by atoms with Crippen molar-refractivity contribution in [3.05, 3.63) is 45.9 Å². The van der Waals surface area contributed by atoms with Gasteiger partial charge in [0, 0.05) is 0 Å². The first-order valence-electron chi connectivity index (χ1n) is 6.03. The molecule has 2 rings (SSSR count). The maximum Gasteiger partial charge on any atom is 0.119 e. The second-order valence-electron chi connectivity index (χ2n) is 4.12. The minimum atomic E-state index is -0.599. The number of benzene rings is 1. The maximum absolute atomic E-state index is 10.3. The lowest BCUT2D eigenvalue weighted by Crippen LogP contribution is -2.00. The molecule has 2 aromatic rings. The number of aryl methyl sites for hydroxylation is 1. The van der Waals surface area contributed by atoms with Crippen LogP contribution < -0.4 is 4.74 Å². The molecule has 0 saturated heterocycles. The second kappa shape index (κ2) is 5.98. The van der Waals surface area contributed by atoms with Crippen molar-refractivity contribution < 1.29 is 9.84 Å². The summed E-state index contributed by atoms with van der Waals surface area (Å²) in [6, 6.07) is 7.58. The van der Waals surface area contributed by atoms with Crippen molar-refractivity contribution >= 4 is 11.3 Å². The van der Waals surface area contributed by atoms with Crippen molar-refractivity contribution in [2.45, 2.75) is 26.4 Å². The summed E-state index contributed by atoms with van der Waals surface area (Å²) >= 11 is 1.48. The monoisotopic (exact) mass is 263 g/mol. The smallest absolute Gasteiger partial charge is 0.119 e. The number of hydrogen-bond donors (Lipinski definition) is 1. The van der Waals surface area contributed by atoms with Crippen molar-refractivity contribution in [1.82, 2.24) is 4.98 Å². The van der Waals surface area contributed by atoms with Crippen LogP contribution >= 0.6 is 11.3 Å². The summed E-state index contributed by atoms with van der Waals surface area (Å²) in [5.41, 5.74) is 3.51. The van der Waals surface area contributed by atoms with E-state index in [1.807, 2.05) is 31.2 Å². The zero-order chi connectivity index (χ0) is 13.0. The summed E-state index contributed by atoms with van der Waals surface area (Å²) in [4.78, 5) is 5.06. The Morgan fingerprint density at radius 2 is 2.06 bits per heavy atom. The molecule has 0 aliphatic carbocycles. The van der Waals surface area contributed by atoms with Gasteiger partial charge in [-0.3, -0.25) is 0 Å². The Kier molecular flexibility index (Phi) is 4.33. The van der Waals surface area contributed by atoms with E-state index in [2.05, 4.69) is 11.9 Å². The first-order chi connectivity index (χ1) is 8.72. The van der Waals surface area contributed by atoms with Crippen molar-refractivity contribution in [3.63, 3.8) is 0 Å². The fourth-order valence-electron chi connectivity index (χ4n) is 1.69. The first kappa shape index (κ1) is 13.1. The van der Waals surface area contributed by atoms with E-state index in [9.17, 15) is 5.11 Å². The minimum Gasteiger partial charge on any atom is -0.494 e. The van der Waals surface area contributed by atoms with Crippen LogP contribution in [-0.2, 0) is 0 Å². The van der Waals surface area contributed by atoms with Gasteiger partial charge in [-0.15, -0.1) is 11.3 Å². The van der Waals surface area contributed by atoms with E-state index in [4.69, 9.17) is 4.74 Å². The molecule has 1 aromatic heterocycles. The average molecular weight is 263 g/mol. The Hall–Kier alpha value is -1.39. The third-order valence-electron chi connectivity index (χ3n) is 2.70. The summed E-state index contributed by atoms with van der Waals surface area (Å²) in [6.07, 6.45) is 0.391. The van der Waals surface area contributed by atoms with Crippen LogP contribution in [0.25, 0.3) is 0 Å². The van der Waals surface area contributed by atoms with Gasteiger partial charge in [0.05, 0.1) is 22.7 Å². The number of aliphatic hydroxyl groups excluding tert-OH is 1. The van der Waals surface area contributed by atoms with Gasteiger partial charge in [0.2, 0.25) is 0 Å². The predicted molar refractivity (Wildman–Crippen MR) is 73.1 cm³/mol. The SMILES string of the molecule is CCCOc1ccc(C(O)c2scnc2C)cc1. The highest BCUT2D eigenvalue weighted by Crippen LogP contribution is 2.28. The summed E-state index contributed by atoms with van der Waals surface area (Å²) in [6.45, 7) is 4.70. The van der Waals surface area contributed by atoms with Crippen LogP contribution in [0.5, 0.6) is 5.75 Å². The van der Waals surface area contributed by atoms with Crippen LogP contribution in [0.3, 0.4) is 0 Å². The van der Waals surface area contributed by atoms with Gasteiger partial charge in [0.25, 0.3) is 0 Å². The maximum atomic E-state index is 10.3. The standard InChI is InChI=1S/C14H17NO2S/c1-3-8-17-12-6-4-11(5-7-12)13(16)14-10(2)15-9-18-14/h4-7,9,13,16H,3,8H2,1-2H3. The summed E-state index contributed by atoms with van der Waals surface area (Å²) < 4.78 is 5.51. The topological polar surface area (TPSA) is 42.4 Å². The molecule has 1 N–H and O–H groups in total. The van der Waals surface area contributed by atoms with Gasteiger partial charge < -0.3 is 9.84 Å². The fourth-order valence-corrected chi connectivity index (χ4v) is 2.50. The molecular weight excluding hydrogens is 246 g/mol.